The summed E-state index contributed by atoms with van der Waals surface area (Å²) in [4.78, 5) is 26.0. The highest BCUT2D eigenvalue weighted by Crippen LogP contribution is 2.40. The zero-order valence-electron chi connectivity index (χ0n) is 21.1. The van der Waals surface area contributed by atoms with Crippen LogP contribution in [0.4, 0.5) is 25.8 Å². The minimum absolute atomic E-state index is 0.0148. The van der Waals surface area contributed by atoms with Crippen LogP contribution in [-0.2, 0) is 4.74 Å². The van der Waals surface area contributed by atoms with Crippen molar-refractivity contribution < 1.29 is 23.0 Å². The SMILES string of the molecule is COc1cccc(F)c1-c1nccc(C(=O)Nc2cc(F)c(N3CCOCC3)cc2N2C[C@H]3NC3[C@@H]2C)n1. The first-order valence-corrected chi connectivity index (χ1v) is 12.6. The van der Waals surface area contributed by atoms with E-state index < -0.39 is 17.5 Å². The normalized spacial score (nSPS) is 22.3. The number of carbonyl (C=O) groups is 1. The van der Waals surface area contributed by atoms with E-state index in [2.05, 4.69) is 32.4 Å². The lowest BCUT2D eigenvalue weighted by molar-refractivity contribution is 0.102. The lowest BCUT2D eigenvalue weighted by atomic mass is 10.1. The first kappa shape index (κ1) is 24.5. The van der Waals surface area contributed by atoms with Gasteiger partial charge in [0.05, 0.1) is 42.9 Å². The molecule has 3 atom stereocenters. The Bertz CT molecular complexity index is 1380. The fraction of sp³-hybridized carbons (Fsp3) is 0.370. The number of halogens is 2. The van der Waals surface area contributed by atoms with Gasteiger partial charge < -0.3 is 29.9 Å². The molecule has 3 aromatic rings. The molecule has 2 N–H and O–H groups in total. The molecule has 1 aromatic heterocycles. The molecule has 3 aliphatic rings. The van der Waals surface area contributed by atoms with E-state index in [1.165, 1.54) is 37.6 Å². The van der Waals surface area contributed by atoms with E-state index in [1.54, 1.807) is 6.07 Å². The zero-order valence-corrected chi connectivity index (χ0v) is 21.1. The molecule has 9 nitrogen and oxygen atoms in total. The summed E-state index contributed by atoms with van der Waals surface area (Å²) in [6.45, 7) is 5.12. The van der Waals surface area contributed by atoms with Crippen molar-refractivity contribution in [2.45, 2.75) is 25.0 Å². The van der Waals surface area contributed by atoms with Crippen LogP contribution in [-0.4, -0.2) is 74.0 Å². The molecule has 0 bridgehead atoms. The van der Waals surface area contributed by atoms with E-state index in [1.807, 2.05) is 11.0 Å². The number of nitrogens with one attached hydrogen (secondary N) is 2. The molecule has 2 aromatic carbocycles. The summed E-state index contributed by atoms with van der Waals surface area (Å²) in [5.41, 5.74) is 1.65. The summed E-state index contributed by atoms with van der Waals surface area (Å²) in [5, 5.41) is 6.29. The maximum atomic E-state index is 15.4. The van der Waals surface area contributed by atoms with Crippen LogP contribution in [0.5, 0.6) is 5.75 Å². The molecule has 198 valence electrons. The second-order valence-corrected chi connectivity index (χ2v) is 9.65. The predicted molar refractivity (Wildman–Crippen MR) is 139 cm³/mol. The van der Waals surface area contributed by atoms with E-state index in [0.717, 1.165) is 12.2 Å². The lowest BCUT2D eigenvalue weighted by Gasteiger charge is -2.33. The molecular formula is C27H28F2N6O3. The Hall–Kier alpha value is -3.83. The summed E-state index contributed by atoms with van der Waals surface area (Å²) < 4.78 is 40.7. The molecule has 0 aliphatic carbocycles. The lowest BCUT2D eigenvalue weighted by Crippen LogP contribution is -2.38. The third-order valence-electron chi connectivity index (χ3n) is 7.42. The summed E-state index contributed by atoms with van der Waals surface area (Å²) in [7, 11) is 1.42. The number of hydrogen-bond acceptors (Lipinski definition) is 8. The number of methoxy groups -OCH3 is 1. The van der Waals surface area contributed by atoms with E-state index >= 15 is 4.39 Å². The van der Waals surface area contributed by atoms with Crippen LogP contribution in [0.25, 0.3) is 11.4 Å². The Morgan fingerprint density at radius 2 is 1.97 bits per heavy atom. The summed E-state index contributed by atoms with van der Waals surface area (Å²) in [6, 6.07) is 9.92. The number of rotatable bonds is 6. The van der Waals surface area contributed by atoms with Gasteiger partial charge in [0.1, 0.15) is 23.1 Å². The summed E-state index contributed by atoms with van der Waals surface area (Å²) in [6.07, 6.45) is 1.38. The van der Waals surface area contributed by atoms with Crippen LogP contribution in [0, 0.1) is 11.6 Å². The highest BCUT2D eigenvalue weighted by molar-refractivity contribution is 6.05. The van der Waals surface area contributed by atoms with E-state index in [4.69, 9.17) is 9.47 Å². The fourth-order valence-electron chi connectivity index (χ4n) is 5.34. The fourth-order valence-corrected chi connectivity index (χ4v) is 5.34. The van der Waals surface area contributed by atoms with Crippen molar-refractivity contribution in [1.29, 1.82) is 0 Å². The van der Waals surface area contributed by atoms with E-state index in [0.29, 0.717) is 49.8 Å². The summed E-state index contributed by atoms with van der Waals surface area (Å²) in [5.74, 6) is -1.29. The molecule has 3 fully saturated rings. The Labute approximate surface area is 218 Å². The van der Waals surface area contributed by atoms with Gasteiger partial charge in [0, 0.05) is 50.0 Å². The maximum absolute atomic E-state index is 15.4. The number of carbonyl (C=O) groups excluding carboxylic acids is 1. The number of anilines is 3. The molecule has 0 saturated carbocycles. The topological polar surface area (TPSA) is 102 Å². The van der Waals surface area contributed by atoms with Crippen molar-refractivity contribution >= 4 is 23.0 Å². The molecule has 3 aliphatic heterocycles. The second-order valence-electron chi connectivity index (χ2n) is 9.65. The van der Waals surface area contributed by atoms with Crippen LogP contribution in [0.3, 0.4) is 0 Å². The number of fused-ring (bicyclic) bond motifs is 1. The number of morpholine rings is 1. The first-order chi connectivity index (χ1) is 18.4. The van der Waals surface area contributed by atoms with Crippen LogP contribution >= 0.6 is 0 Å². The van der Waals surface area contributed by atoms with Gasteiger partial charge in [-0.3, -0.25) is 4.79 Å². The van der Waals surface area contributed by atoms with Gasteiger partial charge in [0.2, 0.25) is 0 Å². The summed E-state index contributed by atoms with van der Waals surface area (Å²) >= 11 is 0. The van der Waals surface area contributed by atoms with Crippen molar-refractivity contribution in [1.82, 2.24) is 15.3 Å². The van der Waals surface area contributed by atoms with Gasteiger partial charge >= 0.3 is 0 Å². The quantitative estimate of drug-likeness (QED) is 0.477. The molecule has 3 saturated heterocycles. The van der Waals surface area contributed by atoms with Crippen molar-refractivity contribution in [2.24, 2.45) is 0 Å². The highest BCUT2D eigenvalue weighted by atomic mass is 19.1. The Morgan fingerprint density at radius 3 is 2.71 bits per heavy atom. The second kappa shape index (κ2) is 9.80. The van der Waals surface area contributed by atoms with Crippen molar-refractivity contribution in [2.75, 3.05) is 55.1 Å². The Balaban J connectivity index is 1.34. The van der Waals surface area contributed by atoms with Gasteiger partial charge in [-0.2, -0.15) is 0 Å². The van der Waals surface area contributed by atoms with Gasteiger partial charge in [0.15, 0.2) is 5.82 Å². The first-order valence-electron chi connectivity index (χ1n) is 12.6. The van der Waals surface area contributed by atoms with E-state index in [-0.39, 0.29) is 28.9 Å². The molecule has 1 amide bonds. The molecule has 4 heterocycles. The van der Waals surface area contributed by atoms with Gasteiger partial charge in [-0.15, -0.1) is 0 Å². The minimum Gasteiger partial charge on any atom is -0.496 e. The highest BCUT2D eigenvalue weighted by Gasteiger charge is 2.50. The average molecular weight is 523 g/mol. The number of piperazine rings is 1. The molecular weight excluding hydrogens is 494 g/mol. The molecule has 0 spiro atoms. The number of hydrogen-bond donors (Lipinski definition) is 2. The number of amides is 1. The molecule has 6 rings (SSSR count). The van der Waals surface area contributed by atoms with Gasteiger partial charge in [-0.1, -0.05) is 6.07 Å². The van der Waals surface area contributed by atoms with E-state index in [9.17, 15) is 9.18 Å². The predicted octanol–water partition coefficient (Wildman–Crippen LogP) is 3.07. The number of benzene rings is 2. The molecule has 11 heteroatoms. The molecule has 1 unspecified atom stereocenters. The Morgan fingerprint density at radius 1 is 1.16 bits per heavy atom. The van der Waals surface area contributed by atoms with Gasteiger partial charge in [-0.25, -0.2) is 18.7 Å². The van der Waals surface area contributed by atoms with Crippen LogP contribution in [0.15, 0.2) is 42.6 Å². The van der Waals surface area contributed by atoms with Crippen LogP contribution < -0.4 is 25.2 Å². The van der Waals surface area contributed by atoms with Crippen molar-refractivity contribution in [3.8, 4) is 17.1 Å². The van der Waals surface area contributed by atoms with Gasteiger partial charge in [0.25, 0.3) is 5.91 Å². The standard InChI is InChI=1S/C27H28F2N6O3/c1-15-25-20(31-25)14-35(15)22-13-21(34-8-10-38-11-9-34)17(29)12-19(22)33-27(36)18-6-7-30-26(32-18)24-16(28)4-3-5-23(24)37-2/h3-7,12-13,15,20,25,31H,8-11,14H2,1-2H3,(H,33,36)/t15-,20+,25?/m0/s1. The van der Waals surface area contributed by atoms with Crippen molar-refractivity contribution in [3.05, 3.63) is 59.9 Å². The van der Waals surface area contributed by atoms with Gasteiger partial charge in [-0.05, 0) is 31.2 Å². The maximum Gasteiger partial charge on any atom is 0.274 e. The number of aromatic nitrogens is 2. The minimum atomic E-state index is -0.569. The van der Waals surface area contributed by atoms with Crippen LogP contribution in [0.2, 0.25) is 0 Å². The number of ether oxygens (including phenoxy) is 2. The third kappa shape index (κ3) is 4.41. The van der Waals surface area contributed by atoms with Crippen molar-refractivity contribution in [3.63, 3.8) is 0 Å². The number of nitrogens with zero attached hydrogens (tertiary/aromatic N) is 4. The zero-order chi connectivity index (χ0) is 26.4. The molecule has 0 radical (unpaired) electrons. The van der Waals surface area contributed by atoms with Crippen LogP contribution in [0.1, 0.15) is 17.4 Å². The monoisotopic (exact) mass is 522 g/mol. The molecule has 38 heavy (non-hydrogen) atoms. The third-order valence-corrected chi connectivity index (χ3v) is 7.42. The Kier molecular flexibility index (Phi) is 6.32. The average Bonchev–Trinajstić information content (AvgIpc) is 3.64. The smallest absolute Gasteiger partial charge is 0.274 e. The largest absolute Gasteiger partial charge is 0.496 e.